The van der Waals surface area contributed by atoms with Crippen LogP contribution in [0, 0.1) is 0 Å². The average Bonchev–Trinajstić information content (AvgIpc) is 3.08. The summed E-state index contributed by atoms with van der Waals surface area (Å²) < 4.78 is 18.0. The molecule has 1 aliphatic rings. The van der Waals surface area contributed by atoms with Crippen molar-refractivity contribution in [3.8, 4) is 5.95 Å². The van der Waals surface area contributed by atoms with Gasteiger partial charge in [0.05, 0.1) is 12.5 Å². The molecule has 27 heavy (non-hydrogen) atoms. The lowest BCUT2D eigenvalue weighted by molar-refractivity contribution is -0.709. The van der Waals surface area contributed by atoms with Gasteiger partial charge in [-0.3, -0.25) is 0 Å². The van der Waals surface area contributed by atoms with Crippen LogP contribution in [0.15, 0.2) is 40.9 Å². The number of carbonyl (C=O) groups excluding carboxylic acids is 1. The third-order valence-electron chi connectivity index (χ3n) is 4.74. The van der Waals surface area contributed by atoms with Gasteiger partial charge in [0.2, 0.25) is 0 Å². The van der Waals surface area contributed by atoms with Gasteiger partial charge in [-0.1, -0.05) is 30.3 Å². The Morgan fingerprint density at radius 2 is 2.19 bits per heavy atom. The van der Waals surface area contributed by atoms with E-state index in [1.807, 2.05) is 34.9 Å². The van der Waals surface area contributed by atoms with E-state index in [2.05, 4.69) is 0 Å². The van der Waals surface area contributed by atoms with Crippen molar-refractivity contribution < 1.29 is 28.4 Å². The summed E-state index contributed by atoms with van der Waals surface area (Å²) in [5, 5.41) is 9.78. The number of aromatic nitrogens is 1. The van der Waals surface area contributed by atoms with Crippen molar-refractivity contribution in [2.75, 3.05) is 26.8 Å². The largest absolute Gasteiger partial charge is 0.476 e. The van der Waals surface area contributed by atoms with E-state index < -0.39 is 0 Å². The van der Waals surface area contributed by atoms with Crippen LogP contribution in [-0.2, 0) is 22.6 Å². The fourth-order valence-electron chi connectivity index (χ4n) is 3.42. The molecule has 1 aromatic carbocycles. The first kappa shape index (κ1) is 19.2. The van der Waals surface area contributed by atoms with Gasteiger partial charge < -0.3 is 23.9 Å². The second-order valence-electron chi connectivity index (χ2n) is 6.77. The Hall–Kier alpha value is -2.54. The van der Waals surface area contributed by atoms with E-state index in [0.29, 0.717) is 32.1 Å². The minimum atomic E-state index is -0.315. The average molecular weight is 375 g/mol. The first-order valence-electron chi connectivity index (χ1n) is 9.34. The molecule has 0 aliphatic carbocycles. The standard InChI is InChI=1S/C20H26N2O5/c1-25-12-6-11-21-14-18(23)27-19(21)17-9-5-10-22(13-17)20(24)26-15-16-7-3-2-4-8-16/h2-4,7-8,14,17H,5-6,9-13,15H2,1H3/p+1/t17-/m1/s1. The van der Waals surface area contributed by atoms with Gasteiger partial charge in [-0.2, -0.15) is 4.57 Å². The molecule has 0 unspecified atom stereocenters. The van der Waals surface area contributed by atoms with E-state index >= 15 is 0 Å². The van der Waals surface area contributed by atoms with E-state index in [-0.39, 0.29) is 24.6 Å². The Kier molecular flexibility index (Phi) is 6.70. The highest BCUT2D eigenvalue weighted by atomic mass is 16.6. The van der Waals surface area contributed by atoms with Crippen LogP contribution in [0.1, 0.15) is 36.6 Å². The van der Waals surface area contributed by atoms with Crippen LogP contribution in [0.3, 0.4) is 0 Å². The SMILES string of the molecule is COCCC[n+]1cc(O)oc1[C@@H]1CCCN(C(=O)OCc2ccccc2)C1. The second-order valence-corrected chi connectivity index (χ2v) is 6.77. The number of rotatable bonds is 7. The number of likely N-dealkylation sites (tertiary alicyclic amines) is 1. The lowest BCUT2D eigenvalue weighted by Crippen LogP contribution is -2.44. The van der Waals surface area contributed by atoms with Crippen molar-refractivity contribution in [3.05, 3.63) is 48.0 Å². The normalized spacial score (nSPS) is 17.1. The van der Waals surface area contributed by atoms with Gasteiger partial charge in [-0.15, -0.1) is 0 Å². The molecule has 1 aliphatic heterocycles. The zero-order chi connectivity index (χ0) is 19.1. The molecule has 2 aromatic rings. The van der Waals surface area contributed by atoms with Gasteiger partial charge in [0.1, 0.15) is 6.61 Å². The summed E-state index contributed by atoms with van der Waals surface area (Å²) in [4.78, 5) is 14.2. The summed E-state index contributed by atoms with van der Waals surface area (Å²) in [6, 6.07) is 9.64. The van der Waals surface area contributed by atoms with E-state index in [4.69, 9.17) is 13.9 Å². The van der Waals surface area contributed by atoms with Crippen molar-refractivity contribution in [1.29, 1.82) is 0 Å². The quantitative estimate of drug-likeness (QED) is 0.595. The molecule has 1 saturated heterocycles. The highest BCUT2D eigenvalue weighted by Crippen LogP contribution is 2.28. The summed E-state index contributed by atoms with van der Waals surface area (Å²) in [6.07, 6.45) is 3.87. The number of ether oxygens (including phenoxy) is 2. The van der Waals surface area contributed by atoms with E-state index in [1.54, 1.807) is 18.2 Å². The number of carbonyl (C=O) groups is 1. The third-order valence-corrected chi connectivity index (χ3v) is 4.74. The Bertz CT molecular complexity index is 731. The Morgan fingerprint density at radius 3 is 2.96 bits per heavy atom. The van der Waals surface area contributed by atoms with Gasteiger partial charge in [-0.25, -0.2) is 4.79 Å². The molecule has 1 amide bonds. The molecule has 146 valence electrons. The number of oxazole rings is 1. The molecule has 0 saturated carbocycles. The smallest absolute Gasteiger partial charge is 0.410 e. The maximum atomic E-state index is 12.4. The Balaban J connectivity index is 1.59. The molecule has 1 aromatic heterocycles. The number of piperidine rings is 1. The number of aromatic hydroxyl groups is 1. The highest BCUT2D eigenvalue weighted by Gasteiger charge is 2.34. The highest BCUT2D eigenvalue weighted by molar-refractivity contribution is 5.67. The minimum absolute atomic E-state index is 0.0338. The molecule has 7 nitrogen and oxygen atoms in total. The summed E-state index contributed by atoms with van der Waals surface area (Å²) in [6.45, 7) is 2.79. The number of methoxy groups -OCH3 is 1. The number of nitrogens with zero attached hydrogens (tertiary/aromatic N) is 2. The number of amides is 1. The molecule has 2 heterocycles. The fourth-order valence-corrected chi connectivity index (χ4v) is 3.42. The minimum Gasteiger partial charge on any atom is -0.476 e. The molecule has 0 bridgehead atoms. The van der Waals surface area contributed by atoms with Gasteiger partial charge in [0, 0.05) is 26.6 Å². The number of benzene rings is 1. The summed E-state index contributed by atoms with van der Waals surface area (Å²) in [5.41, 5.74) is 0.964. The van der Waals surface area contributed by atoms with Gasteiger partial charge >= 0.3 is 17.9 Å². The van der Waals surface area contributed by atoms with Crippen molar-refractivity contribution in [2.24, 2.45) is 0 Å². The molecular formula is C20H27N2O5+. The van der Waals surface area contributed by atoms with Crippen LogP contribution in [-0.4, -0.2) is 42.9 Å². The molecule has 7 heteroatoms. The topological polar surface area (TPSA) is 76.0 Å². The predicted molar refractivity (Wildman–Crippen MR) is 97.2 cm³/mol. The monoisotopic (exact) mass is 375 g/mol. The van der Waals surface area contributed by atoms with Crippen LogP contribution in [0.4, 0.5) is 4.79 Å². The number of hydrogen-bond acceptors (Lipinski definition) is 5. The molecular weight excluding hydrogens is 348 g/mol. The zero-order valence-corrected chi connectivity index (χ0v) is 15.7. The van der Waals surface area contributed by atoms with E-state index in [9.17, 15) is 9.90 Å². The first-order chi connectivity index (χ1) is 13.2. The first-order valence-corrected chi connectivity index (χ1v) is 9.34. The summed E-state index contributed by atoms with van der Waals surface area (Å²) in [7, 11) is 1.67. The zero-order valence-electron chi connectivity index (χ0n) is 15.7. The van der Waals surface area contributed by atoms with Gasteiger partial charge in [0.25, 0.3) is 6.20 Å². The third kappa shape index (κ3) is 5.23. The van der Waals surface area contributed by atoms with Crippen molar-refractivity contribution >= 4 is 6.09 Å². The van der Waals surface area contributed by atoms with Crippen LogP contribution in [0.2, 0.25) is 0 Å². The lowest BCUT2D eigenvalue weighted by atomic mass is 9.98. The summed E-state index contributed by atoms with van der Waals surface area (Å²) >= 11 is 0. The number of aryl methyl sites for hydroxylation is 1. The molecule has 1 fully saturated rings. The van der Waals surface area contributed by atoms with Crippen LogP contribution >= 0.6 is 0 Å². The van der Waals surface area contributed by atoms with E-state index in [0.717, 1.165) is 24.8 Å². The molecule has 1 atom stereocenters. The maximum Gasteiger partial charge on any atom is 0.410 e. The summed E-state index contributed by atoms with van der Waals surface area (Å²) in [5.74, 6) is 0.627. The Morgan fingerprint density at radius 1 is 1.37 bits per heavy atom. The van der Waals surface area contributed by atoms with Crippen molar-refractivity contribution in [3.63, 3.8) is 0 Å². The molecule has 0 spiro atoms. The van der Waals surface area contributed by atoms with Crippen LogP contribution in [0.25, 0.3) is 0 Å². The van der Waals surface area contributed by atoms with Gasteiger partial charge in [-0.05, 0) is 18.4 Å². The van der Waals surface area contributed by atoms with Gasteiger partial charge in [0.15, 0.2) is 6.54 Å². The molecule has 3 rings (SSSR count). The molecule has 0 radical (unpaired) electrons. The Labute approximate surface area is 159 Å². The van der Waals surface area contributed by atoms with Crippen molar-refractivity contribution in [1.82, 2.24) is 4.90 Å². The lowest BCUT2D eigenvalue weighted by Gasteiger charge is -2.29. The second kappa shape index (κ2) is 9.41. The maximum absolute atomic E-state index is 12.4. The molecule has 1 N–H and O–H groups in total. The fraction of sp³-hybridized carbons (Fsp3) is 0.500. The van der Waals surface area contributed by atoms with Crippen LogP contribution in [0.5, 0.6) is 5.95 Å². The predicted octanol–water partition coefficient (Wildman–Crippen LogP) is 2.83. The van der Waals surface area contributed by atoms with Crippen LogP contribution < -0.4 is 4.57 Å². The van der Waals surface area contributed by atoms with Crippen molar-refractivity contribution in [2.45, 2.75) is 38.3 Å². The number of hydrogen-bond donors (Lipinski definition) is 1. The van der Waals surface area contributed by atoms with E-state index in [1.165, 1.54) is 0 Å².